The van der Waals surface area contributed by atoms with Crippen molar-refractivity contribution >= 4 is 11.8 Å². The second-order valence-electron chi connectivity index (χ2n) is 10.6. The van der Waals surface area contributed by atoms with Crippen molar-refractivity contribution in [3.63, 3.8) is 0 Å². The van der Waals surface area contributed by atoms with Gasteiger partial charge in [-0.15, -0.1) is 0 Å². The molecule has 0 amide bonds. The summed E-state index contributed by atoms with van der Waals surface area (Å²) in [5.74, 6) is 0.964. The number of aryl methyl sites for hydroxylation is 1. The van der Waals surface area contributed by atoms with E-state index in [9.17, 15) is 9.59 Å². The van der Waals surface area contributed by atoms with E-state index < -0.39 is 5.97 Å². The molecule has 0 aromatic heterocycles. The molecule has 1 saturated heterocycles. The van der Waals surface area contributed by atoms with Crippen LogP contribution in [-0.2, 0) is 11.2 Å². The largest absolute Gasteiger partial charge is 0.490 e. The fourth-order valence-corrected chi connectivity index (χ4v) is 5.11. The number of hydrogen-bond acceptors (Lipinski definition) is 5. The minimum atomic E-state index is -0.396. The smallest absolute Gasteiger partial charge is 0.308 e. The van der Waals surface area contributed by atoms with Gasteiger partial charge in [-0.05, 0) is 79.4 Å². The average molecular weight is 534 g/mol. The first kappa shape index (κ1) is 27.4. The topological polar surface area (TPSA) is 55.8 Å². The first-order valence-electron chi connectivity index (χ1n) is 13.8. The van der Waals surface area contributed by atoms with Crippen LogP contribution in [0.5, 0.6) is 11.5 Å². The fourth-order valence-electron chi connectivity index (χ4n) is 5.11. The molecule has 4 aromatic carbocycles. The summed E-state index contributed by atoms with van der Waals surface area (Å²) in [6, 6.07) is 29.5. The summed E-state index contributed by atoms with van der Waals surface area (Å²) < 4.78 is 11.6. The number of nitrogens with zero attached hydrogens (tertiary/aromatic N) is 1. The lowest BCUT2D eigenvalue weighted by molar-refractivity contribution is -0.131. The van der Waals surface area contributed by atoms with Crippen LogP contribution in [-0.4, -0.2) is 42.9 Å². The molecule has 1 aliphatic heterocycles. The maximum Gasteiger partial charge on any atom is 0.308 e. The maximum atomic E-state index is 13.2. The second-order valence-corrected chi connectivity index (χ2v) is 10.6. The van der Waals surface area contributed by atoms with Crippen LogP contribution in [0.15, 0.2) is 91.0 Å². The van der Waals surface area contributed by atoms with Gasteiger partial charge in [0.2, 0.25) is 0 Å². The van der Waals surface area contributed by atoms with Gasteiger partial charge in [0.25, 0.3) is 0 Å². The summed E-state index contributed by atoms with van der Waals surface area (Å²) in [4.78, 5) is 27.2. The number of likely N-dealkylation sites (tertiary alicyclic amines) is 1. The highest BCUT2D eigenvalue weighted by molar-refractivity contribution is 5.99. The van der Waals surface area contributed by atoms with Crippen LogP contribution in [0.3, 0.4) is 0 Å². The first-order chi connectivity index (χ1) is 19.3. The predicted molar refractivity (Wildman–Crippen MR) is 159 cm³/mol. The molecule has 0 radical (unpaired) electrons. The van der Waals surface area contributed by atoms with Gasteiger partial charge in [-0.1, -0.05) is 66.2 Å². The highest BCUT2D eigenvalue weighted by atomic mass is 16.5. The molecule has 1 fully saturated rings. The predicted octanol–water partition coefficient (Wildman–Crippen LogP) is 7.15. The lowest BCUT2D eigenvalue weighted by Gasteiger charge is -2.29. The zero-order valence-corrected chi connectivity index (χ0v) is 23.4. The molecule has 1 heterocycles. The summed E-state index contributed by atoms with van der Waals surface area (Å²) in [6.45, 7) is 5.53. The fraction of sp³-hybridized carbons (Fsp3) is 0.257. The summed E-state index contributed by atoms with van der Waals surface area (Å²) in [7, 11) is 2.15. The van der Waals surface area contributed by atoms with Gasteiger partial charge in [0.05, 0.1) is 0 Å². The van der Waals surface area contributed by atoms with E-state index in [1.165, 1.54) is 6.92 Å². The van der Waals surface area contributed by atoms with Gasteiger partial charge in [0.1, 0.15) is 17.6 Å². The number of esters is 1. The zero-order chi connectivity index (χ0) is 28.1. The normalized spacial score (nSPS) is 14.1. The molecule has 1 aliphatic rings. The SMILES string of the molecule is CC(=O)Oc1ccc(C(=O)Cc2ccc(-c3ccc(OC4CCN(C)CC4)cc3)cc2)cc1-c1cccc(C)c1. The Kier molecular flexibility index (Phi) is 8.42. The Morgan fingerprint density at radius 3 is 2.15 bits per heavy atom. The van der Waals surface area contributed by atoms with Gasteiger partial charge in [-0.25, -0.2) is 0 Å². The minimum absolute atomic E-state index is 0.00596. The van der Waals surface area contributed by atoms with Crippen LogP contribution in [0.1, 0.15) is 41.3 Å². The van der Waals surface area contributed by atoms with Crippen molar-refractivity contribution in [2.75, 3.05) is 20.1 Å². The van der Waals surface area contributed by atoms with E-state index in [4.69, 9.17) is 9.47 Å². The molecule has 0 saturated carbocycles. The van der Waals surface area contributed by atoms with Crippen LogP contribution in [0.2, 0.25) is 0 Å². The van der Waals surface area contributed by atoms with Gasteiger partial charge in [0, 0.05) is 37.6 Å². The van der Waals surface area contributed by atoms with Crippen molar-refractivity contribution in [2.24, 2.45) is 0 Å². The second kappa shape index (κ2) is 12.3. The van der Waals surface area contributed by atoms with Crippen molar-refractivity contribution in [1.82, 2.24) is 4.90 Å². The molecule has 5 heteroatoms. The van der Waals surface area contributed by atoms with Gasteiger partial charge in [-0.3, -0.25) is 9.59 Å². The number of Topliss-reactive ketones (excluding diaryl/α,β-unsaturated/α-hetero) is 1. The molecule has 40 heavy (non-hydrogen) atoms. The Labute approximate surface area is 236 Å². The van der Waals surface area contributed by atoms with Crippen LogP contribution < -0.4 is 9.47 Å². The Morgan fingerprint density at radius 1 is 0.825 bits per heavy atom. The average Bonchev–Trinajstić information content (AvgIpc) is 2.95. The monoisotopic (exact) mass is 533 g/mol. The third kappa shape index (κ3) is 6.85. The van der Waals surface area contributed by atoms with E-state index in [2.05, 4.69) is 36.2 Å². The first-order valence-corrected chi connectivity index (χ1v) is 13.8. The summed E-state index contributed by atoms with van der Waals surface area (Å²) >= 11 is 0. The molecule has 5 nitrogen and oxygen atoms in total. The molecule has 5 rings (SSSR count). The van der Waals surface area contributed by atoms with Crippen molar-refractivity contribution in [2.45, 2.75) is 39.2 Å². The highest BCUT2D eigenvalue weighted by Crippen LogP contribution is 2.32. The van der Waals surface area contributed by atoms with Crippen LogP contribution in [0.4, 0.5) is 0 Å². The van der Waals surface area contributed by atoms with Gasteiger partial charge in [0.15, 0.2) is 5.78 Å². The number of hydrogen-bond donors (Lipinski definition) is 0. The molecule has 0 N–H and O–H groups in total. The van der Waals surface area contributed by atoms with Gasteiger partial charge >= 0.3 is 5.97 Å². The van der Waals surface area contributed by atoms with Crippen LogP contribution in [0.25, 0.3) is 22.3 Å². The van der Waals surface area contributed by atoms with Crippen molar-refractivity contribution in [3.05, 3.63) is 108 Å². The van der Waals surface area contributed by atoms with E-state index in [-0.39, 0.29) is 18.3 Å². The summed E-state index contributed by atoms with van der Waals surface area (Å²) in [6.07, 6.45) is 2.68. The quantitative estimate of drug-likeness (QED) is 0.137. The van der Waals surface area contributed by atoms with Crippen molar-refractivity contribution < 1.29 is 19.1 Å². The Morgan fingerprint density at radius 2 is 1.50 bits per heavy atom. The Balaban J connectivity index is 1.26. The van der Waals surface area contributed by atoms with E-state index in [1.54, 1.807) is 12.1 Å². The van der Waals surface area contributed by atoms with E-state index >= 15 is 0 Å². The minimum Gasteiger partial charge on any atom is -0.490 e. The molecule has 0 atom stereocenters. The standard InChI is InChI=1S/C35H35NO4/c1-24-5-4-6-29(21-24)33-23-30(13-16-35(33)39-25(2)37)34(38)22-26-7-9-27(10-8-26)28-11-14-31(15-12-28)40-32-17-19-36(3)20-18-32/h4-16,21,23,32H,17-20,22H2,1-3H3. The highest BCUT2D eigenvalue weighted by Gasteiger charge is 2.18. The van der Waals surface area contributed by atoms with E-state index in [0.717, 1.165) is 65.1 Å². The number of benzene rings is 4. The summed E-state index contributed by atoms with van der Waals surface area (Å²) in [5.41, 5.74) is 6.43. The third-order valence-electron chi connectivity index (χ3n) is 7.36. The molecule has 4 aromatic rings. The summed E-state index contributed by atoms with van der Waals surface area (Å²) in [5, 5.41) is 0. The molecular formula is C35H35NO4. The van der Waals surface area contributed by atoms with Gasteiger partial charge < -0.3 is 14.4 Å². The molecule has 0 unspecified atom stereocenters. The van der Waals surface area contributed by atoms with Crippen molar-refractivity contribution in [3.8, 4) is 33.8 Å². The molecule has 0 bridgehead atoms. The number of ketones is 1. The number of carbonyl (C=O) groups is 2. The lowest BCUT2D eigenvalue weighted by Crippen LogP contribution is -2.35. The number of piperidine rings is 1. The third-order valence-corrected chi connectivity index (χ3v) is 7.36. The van der Waals surface area contributed by atoms with Gasteiger partial charge in [-0.2, -0.15) is 0 Å². The maximum absolute atomic E-state index is 13.2. The molecular weight excluding hydrogens is 498 g/mol. The Hall–Kier alpha value is -4.22. The number of ether oxygens (including phenoxy) is 2. The van der Waals surface area contributed by atoms with E-state index in [0.29, 0.717) is 11.3 Å². The number of rotatable bonds is 8. The number of carbonyl (C=O) groups excluding carboxylic acids is 2. The van der Waals surface area contributed by atoms with E-state index in [1.807, 2.05) is 61.5 Å². The Bertz CT molecular complexity index is 1480. The molecule has 0 spiro atoms. The van der Waals surface area contributed by atoms with Crippen LogP contribution >= 0.6 is 0 Å². The molecule has 0 aliphatic carbocycles. The lowest BCUT2D eigenvalue weighted by atomic mass is 9.96. The zero-order valence-electron chi connectivity index (χ0n) is 23.4. The van der Waals surface area contributed by atoms with Crippen molar-refractivity contribution in [1.29, 1.82) is 0 Å². The van der Waals surface area contributed by atoms with Crippen LogP contribution in [0, 0.1) is 6.92 Å². The molecule has 204 valence electrons.